The number of anilines is 3. The number of nitrogens with zero attached hydrogens (tertiary/aromatic N) is 5. The Morgan fingerprint density at radius 2 is 1.87 bits per heavy atom. The summed E-state index contributed by atoms with van der Waals surface area (Å²) in [7, 11) is 1.65. The number of nitrogens with one attached hydrogen (secondary N) is 1. The van der Waals surface area contributed by atoms with Crippen LogP contribution in [0.4, 0.5) is 47.4 Å². The molecule has 2 aromatic carbocycles. The molecule has 2 fully saturated rings. The molecular weight excluding hydrogens is 717 g/mol. The number of nitrogens with two attached hydrogens (primary N) is 2. The molecule has 7 rings (SSSR count). The summed E-state index contributed by atoms with van der Waals surface area (Å²) in [6.07, 6.45) is -5.21. The van der Waals surface area contributed by atoms with Crippen LogP contribution >= 0.6 is 11.3 Å². The number of aromatic nitrogens is 3. The zero-order valence-corrected chi connectivity index (χ0v) is 28.4. The highest BCUT2D eigenvalue weighted by atomic mass is 32.1. The van der Waals surface area contributed by atoms with E-state index in [1.54, 1.807) is 37.1 Å². The number of hydrogen-bond donors (Lipinski definition) is 4. The maximum atomic E-state index is 17.1. The van der Waals surface area contributed by atoms with Crippen molar-refractivity contribution in [2.45, 2.75) is 57.0 Å². The highest BCUT2D eigenvalue weighted by molar-refractivity contribution is 7.23. The quantitative estimate of drug-likeness (QED) is 0.122. The highest BCUT2D eigenvalue weighted by Crippen LogP contribution is 2.68. The average molecular weight is 747 g/mol. The predicted molar refractivity (Wildman–Crippen MR) is 180 cm³/mol. The summed E-state index contributed by atoms with van der Waals surface area (Å²) in [6, 6.07) is 4.24. The number of alkyl halides is 5. The Morgan fingerprint density at radius 3 is 2.50 bits per heavy atom. The number of fused-ring (bicyclic) bond motifs is 2. The number of thiophene rings is 1. The SMILES string of the molecule is C[C@H](Oc1nc(N[C@H](C)c2cccnc2N)c2c(O)c(C(F)(F)F)c(-c3ccc(F)c4sc(N)c(C#N)c34)c(F)c2n1)[C@H]1N(C)CC[C@@]12CC2(F)F. The molecule has 272 valence electrons. The summed E-state index contributed by atoms with van der Waals surface area (Å²) in [6.45, 7) is 3.41. The molecule has 1 saturated heterocycles. The van der Waals surface area contributed by atoms with E-state index in [1.807, 2.05) is 0 Å². The lowest BCUT2D eigenvalue weighted by molar-refractivity contribution is -0.138. The molecule has 3 aromatic heterocycles. The van der Waals surface area contributed by atoms with Crippen LogP contribution in [0.15, 0.2) is 30.5 Å². The van der Waals surface area contributed by atoms with Crippen molar-refractivity contribution in [2.24, 2.45) is 5.41 Å². The molecule has 1 aliphatic heterocycles. The maximum Gasteiger partial charge on any atom is 0.420 e. The van der Waals surface area contributed by atoms with Gasteiger partial charge < -0.3 is 26.6 Å². The lowest BCUT2D eigenvalue weighted by Gasteiger charge is -2.31. The van der Waals surface area contributed by atoms with Crippen LogP contribution in [0, 0.1) is 28.4 Å². The van der Waals surface area contributed by atoms with Crippen molar-refractivity contribution in [1.29, 1.82) is 5.26 Å². The number of aromatic hydroxyl groups is 1. The van der Waals surface area contributed by atoms with Crippen LogP contribution in [-0.4, -0.2) is 56.6 Å². The monoisotopic (exact) mass is 746 g/mol. The van der Waals surface area contributed by atoms with Gasteiger partial charge in [-0.2, -0.15) is 28.4 Å². The normalized spacial score (nSPS) is 21.1. The minimum absolute atomic E-state index is 0.0585. The van der Waals surface area contributed by atoms with Gasteiger partial charge in [0.05, 0.1) is 33.1 Å². The molecule has 52 heavy (non-hydrogen) atoms. The van der Waals surface area contributed by atoms with Gasteiger partial charge in [0.25, 0.3) is 5.92 Å². The summed E-state index contributed by atoms with van der Waals surface area (Å²) in [5, 5.41) is 22.8. The molecule has 0 unspecified atom stereocenters. The van der Waals surface area contributed by atoms with Crippen molar-refractivity contribution in [3.8, 4) is 29.0 Å². The second-order valence-corrected chi connectivity index (χ2v) is 14.2. The summed E-state index contributed by atoms with van der Waals surface area (Å²) >= 11 is 0.586. The number of phenolic OH excluding ortho intramolecular Hbond substituents is 1. The van der Waals surface area contributed by atoms with Crippen LogP contribution in [0.3, 0.4) is 0 Å². The largest absolute Gasteiger partial charge is 0.506 e. The lowest BCUT2D eigenvalue weighted by Crippen LogP contribution is -2.44. The summed E-state index contributed by atoms with van der Waals surface area (Å²) in [5.41, 5.74) is 6.01. The zero-order valence-electron chi connectivity index (χ0n) is 27.5. The number of halogens is 7. The van der Waals surface area contributed by atoms with Gasteiger partial charge >= 0.3 is 12.2 Å². The number of nitrogen functional groups attached to an aromatic ring is 2. The van der Waals surface area contributed by atoms with Gasteiger partial charge in [-0.1, -0.05) is 12.1 Å². The second-order valence-electron chi connectivity index (χ2n) is 13.1. The molecule has 6 N–H and O–H groups in total. The molecule has 4 heterocycles. The standard InChI is InChI=1S/C34H29F7N8O2S/c1-13(15-5-4-9-45-28(15)43)46-30-21-24(47-31(48-30)51-14(2)27-32(8-10-49(27)3)12-33(32,37)38)23(36)20(22(25(21)50)34(39,40)41)16-6-7-18(35)26-19(16)17(11-42)29(44)52-26/h4-7,9,13-14,27,50H,8,10,12,44H2,1-3H3,(H2,43,45)(H,46,47,48)/t13-,14+,27-,32-/m1/s1. The van der Waals surface area contributed by atoms with E-state index in [4.69, 9.17) is 16.2 Å². The van der Waals surface area contributed by atoms with Crippen LogP contribution in [-0.2, 0) is 6.18 Å². The van der Waals surface area contributed by atoms with E-state index in [0.29, 0.717) is 23.4 Å². The molecule has 1 saturated carbocycles. The number of ether oxygens (including phenoxy) is 1. The van der Waals surface area contributed by atoms with Gasteiger partial charge in [-0.15, -0.1) is 11.3 Å². The van der Waals surface area contributed by atoms with Gasteiger partial charge in [-0.25, -0.2) is 22.5 Å². The minimum Gasteiger partial charge on any atom is -0.506 e. The van der Waals surface area contributed by atoms with Crippen molar-refractivity contribution in [3.63, 3.8) is 0 Å². The Balaban J connectivity index is 1.49. The number of pyridine rings is 1. The van der Waals surface area contributed by atoms with Crippen molar-refractivity contribution in [1.82, 2.24) is 19.9 Å². The van der Waals surface area contributed by atoms with Crippen molar-refractivity contribution in [3.05, 3.63) is 58.8 Å². The fourth-order valence-electron chi connectivity index (χ4n) is 7.64. The fraction of sp³-hybridized carbons (Fsp3) is 0.353. The van der Waals surface area contributed by atoms with E-state index < -0.39 is 97.9 Å². The van der Waals surface area contributed by atoms with Crippen LogP contribution < -0.4 is 21.5 Å². The highest BCUT2D eigenvalue weighted by Gasteiger charge is 2.77. The Bertz CT molecular complexity index is 2330. The topological polar surface area (TPSA) is 159 Å². The number of nitriles is 1. The number of benzene rings is 2. The first-order chi connectivity index (χ1) is 24.4. The van der Waals surface area contributed by atoms with Crippen molar-refractivity contribution in [2.75, 3.05) is 30.4 Å². The van der Waals surface area contributed by atoms with E-state index >= 15 is 17.6 Å². The Morgan fingerprint density at radius 1 is 1.15 bits per heavy atom. The van der Waals surface area contributed by atoms with Gasteiger partial charge in [0.15, 0.2) is 5.82 Å². The number of hydrogen-bond acceptors (Lipinski definition) is 11. The van der Waals surface area contributed by atoms with E-state index in [1.165, 1.54) is 13.1 Å². The molecule has 0 amide bonds. The van der Waals surface area contributed by atoms with Gasteiger partial charge in [0.1, 0.15) is 51.5 Å². The third kappa shape index (κ3) is 5.28. The van der Waals surface area contributed by atoms with Crippen molar-refractivity contribution < 1.29 is 40.6 Å². The molecule has 0 bridgehead atoms. The smallest absolute Gasteiger partial charge is 0.420 e. The number of likely N-dealkylation sites (tertiary alicyclic amines) is 1. The third-order valence-corrected chi connectivity index (χ3v) is 11.1. The van der Waals surface area contributed by atoms with E-state index in [-0.39, 0.29) is 33.9 Å². The zero-order chi connectivity index (χ0) is 37.7. The molecule has 1 spiro atoms. The second kappa shape index (κ2) is 12.0. The van der Waals surface area contributed by atoms with Gasteiger partial charge in [-0.3, -0.25) is 4.90 Å². The Labute approximate surface area is 294 Å². The van der Waals surface area contributed by atoms with Crippen molar-refractivity contribution >= 4 is 49.0 Å². The summed E-state index contributed by atoms with van der Waals surface area (Å²) in [4.78, 5) is 14.1. The summed E-state index contributed by atoms with van der Waals surface area (Å²) < 4.78 is 112. The average Bonchev–Trinajstić information content (AvgIpc) is 3.28. The molecule has 10 nitrogen and oxygen atoms in total. The molecular formula is C34H29F7N8O2S. The fourth-order valence-corrected chi connectivity index (χ4v) is 8.59. The van der Waals surface area contributed by atoms with Crippen LogP contribution in [0.25, 0.3) is 32.1 Å². The predicted octanol–water partition coefficient (Wildman–Crippen LogP) is 7.62. The summed E-state index contributed by atoms with van der Waals surface area (Å²) in [5.74, 6) is -7.44. The Hall–Kier alpha value is -5.15. The van der Waals surface area contributed by atoms with E-state index in [0.717, 1.165) is 12.1 Å². The Kier molecular flexibility index (Phi) is 8.10. The third-order valence-electron chi connectivity index (χ3n) is 10.0. The van der Waals surface area contributed by atoms with Crippen LogP contribution in [0.2, 0.25) is 0 Å². The van der Waals surface area contributed by atoms with Gasteiger partial charge in [-0.05, 0) is 51.6 Å². The van der Waals surface area contributed by atoms with Gasteiger partial charge in [0, 0.05) is 29.1 Å². The molecule has 2 aliphatic rings. The molecule has 18 heteroatoms. The first-order valence-electron chi connectivity index (χ1n) is 15.9. The number of rotatable bonds is 7. The van der Waals surface area contributed by atoms with Gasteiger partial charge in [0.2, 0.25) is 0 Å². The first kappa shape index (κ1) is 35.3. The van der Waals surface area contributed by atoms with Crippen LogP contribution in [0.1, 0.15) is 49.4 Å². The maximum absolute atomic E-state index is 17.1. The molecule has 4 atom stereocenters. The minimum atomic E-state index is -5.43. The van der Waals surface area contributed by atoms with E-state index in [2.05, 4.69) is 20.3 Å². The van der Waals surface area contributed by atoms with E-state index in [9.17, 15) is 23.5 Å². The molecule has 0 radical (unpaired) electrons. The molecule has 5 aromatic rings. The first-order valence-corrected chi connectivity index (χ1v) is 16.7. The number of likely N-dealkylation sites (N-methyl/N-ethyl adjacent to an activating group) is 1. The van der Waals surface area contributed by atoms with Crippen LogP contribution in [0.5, 0.6) is 11.8 Å². The molecule has 1 aliphatic carbocycles. The number of phenols is 1. The lowest BCUT2D eigenvalue weighted by atomic mass is 9.91.